The standard InChI is InChI=1S/C15H16N4O.3ClH/c16-15(20)12-4-5-19(9-12)14-3-1-2-11(6-14)13-7-17-10-18-8-13;;;/h1-3,6-8,10,12H,4-5,9H2,(H2,16,20);3*1H. The Kier molecular flexibility index (Phi) is 8.90. The third-order valence-electron chi connectivity index (χ3n) is 3.70. The van der Waals surface area contributed by atoms with Crippen molar-refractivity contribution < 1.29 is 4.79 Å². The van der Waals surface area contributed by atoms with E-state index in [2.05, 4.69) is 27.0 Å². The molecule has 1 aromatic carbocycles. The molecule has 0 aliphatic carbocycles. The van der Waals surface area contributed by atoms with E-state index in [1.165, 1.54) is 6.33 Å². The summed E-state index contributed by atoms with van der Waals surface area (Å²) in [5.41, 5.74) is 8.54. The fourth-order valence-electron chi connectivity index (χ4n) is 2.56. The molecule has 5 nitrogen and oxygen atoms in total. The van der Waals surface area contributed by atoms with Crippen LogP contribution in [0.4, 0.5) is 5.69 Å². The van der Waals surface area contributed by atoms with Crippen molar-refractivity contribution in [2.45, 2.75) is 6.42 Å². The van der Waals surface area contributed by atoms with Crippen molar-refractivity contribution >= 4 is 48.8 Å². The highest BCUT2D eigenvalue weighted by molar-refractivity contribution is 5.86. The second-order valence-corrected chi connectivity index (χ2v) is 5.01. The Hall–Kier alpha value is -1.56. The van der Waals surface area contributed by atoms with Crippen LogP contribution >= 0.6 is 37.2 Å². The number of hydrogen-bond donors (Lipinski definition) is 1. The number of carbonyl (C=O) groups excluding carboxylic acids is 1. The van der Waals surface area contributed by atoms with Gasteiger partial charge in [-0.05, 0) is 24.1 Å². The smallest absolute Gasteiger partial charge is 0.222 e. The number of benzene rings is 1. The van der Waals surface area contributed by atoms with Crippen LogP contribution < -0.4 is 10.6 Å². The van der Waals surface area contributed by atoms with Crippen molar-refractivity contribution in [2.24, 2.45) is 11.7 Å². The lowest BCUT2D eigenvalue weighted by Gasteiger charge is -2.19. The molecule has 1 amide bonds. The first-order valence-corrected chi connectivity index (χ1v) is 6.64. The number of carbonyl (C=O) groups is 1. The zero-order chi connectivity index (χ0) is 13.9. The number of rotatable bonds is 3. The summed E-state index contributed by atoms with van der Waals surface area (Å²) in [7, 11) is 0. The predicted octanol–water partition coefficient (Wildman–Crippen LogP) is 2.72. The van der Waals surface area contributed by atoms with Crippen LogP contribution in [0.1, 0.15) is 6.42 Å². The van der Waals surface area contributed by atoms with Gasteiger partial charge in [0.05, 0.1) is 5.92 Å². The molecule has 0 spiro atoms. The van der Waals surface area contributed by atoms with Gasteiger partial charge in [0.2, 0.25) is 5.91 Å². The lowest BCUT2D eigenvalue weighted by atomic mass is 10.1. The van der Waals surface area contributed by atoms with Crippen molar-refractivity contribution in [3.63, 3.8) is 0 Å². The normalized spacial score (nSPS) is 15.8. The van der Waals surface area contributed by atoms with E-state index in [0.717, 1.165) is 29.8 Å². The van der Waals surface area contributed by atoms with E-state index in [0.29, 0.717) is 6.54 Å². The lowest BCUT2D eigenvalue weighted by Crippen LogP contribution is -2.27. The third kappa shape index (κ3) is 4.96. The molecule has 1 saturated heterocycles. The Balaban J connectivity index is 0.00000161. The highest BCUT2D eigenvalue weighted by Crippen LogP contribution is 2.27. The van der Waals surface area contributed by atoms with Gasteiger partial charge >= 0.3 is 0 Å². The Morgan fingerprint density at radius 2 is 1.83 bits per heavy atom. The zero-order valence-corrected chi connectivity index (χ0v) is 14.7. The van der Waals surface area contributed by atoms with Crippen LogP contribution in [0.2, 0.25) is 0 Å². The predicted molar refractivity (Wildman–Crippen MR) is 98.7 cm³/mol. The molecule has 8 heteroatoms. The number of halogens is 3. The number of hydrogen-bond acceptors (Lipinski definition) is 4. The Labute approximate surface area is 153 Å². The summed E-state index contributed by atoms with van der Waals surface area (Å²) in [6.07, 6.45) is 5.93. The molecule has 1 aromatic heterocycles. The summed E-state index contributed by atoms with van der Waals surface area (Å²) in [5, 5.41) is 0. The number of amides is 1. The quantitative estimate of drug-likeness (QED) is 0.892. The molecule has 1 unspecified atom stereocenters. The molecule has 2 N–H and O–H groups in total. The van der Waals surface area contributed by atoms with Crippen molar-refractivity contribution in [1.82, 2.24) is 9.97 Å². The Morgan fingerprint density at radius 3 is 2.43 bits per heavy atom. The molecule has 23 heavy (non-hydrogen) atoms. The maximum atomic E-state index is 11.2. The zero-order valence-electron chi connectivity index (χ0n) is 12.3. The average molecular weight is 378 g/mol. The molecule has 0 bridgehead atoms. The van der Waals surface area contributed by atoms with E-state index < -0.39 is 0 Å². The molecule has 0 radical (unpaired) electrons. The van der Waals surface area contributed by atoms with Crippen molar-refractivity contribution in [1.29, 1.82) is 0 Å². The summed E-state index contributed by atoms with van der Waals surface area (Å²) in [6, 6.07) is 8.19. The number of nitrogens with two attached hydrogens (primary N) is 1. The monoisotopic (exact) mass is 376 g/mol. The molecule has 0 saturated carbocycles. The van der Waals surface area contributed by atoms with Gasteiger partial charge in [0.1, 0.15) is 6.33 Å². The Bertz CT molecular complexity index is 627. The first kappa shape index (κ1) is 21.4. The van der Waals surface area contributed by atoms with Gasteiger partial charge in [0, 0.05) is 36.7 Å². The van der Waals surface area contributed by atoms with Crippen molar-refractivity contribution in [3.05, 3.63) is 43.0 Å². The van der Waals surface area contributed by atoms with E-state index in [-0.39, 0.29) is 49.0 Å². The summed E-state index contributed by atoms with van der Waals surface area (Å²) >= 11 is 0. The number of anilines is 1. The van der Waals surface area contributed by atoms with Crippen molar-refractivity contribution in [3.8, 4) is 11.1 Å². The van der Waals surface area contributed by atoms with Gasteiger partial charge in [0.25, 0.3) is 0 Å². The largest absolute Gasteiger partial charge is 0.371 e. The molecular formula is C15H19Cl3N4O. The Morgan fingerprint density at radius 1 is 1.13 bits per heavy atom. The first-order valence-electron chi connectivity index (χ1n) is 6.64. The summed E-state index contributed by atoms with van der Waals surface area (Å²) in [4.78, 5) is 21.5. The van der Waals surface area contributed by atoms with Gasteiger partial charge in [-0.3, -0.25) is 4.79 Å². The third-order valence-corrected chi connectivity index (χ3v) is 3.70. The van der Waals surface area contributed by atoms with Gasteiger partial charge in [-0.2, -0.15) is 0 Å². The van der Waals surface area contributed by atoms with Crippen LogP contribution in [0.5, 0.6) is 0 Å². The lowest BCUT2D eigenvalue weighted by molar-refractivity contribution is -0.121. The maximum absolute atomic E-state index is 11.2. The SMILES string of the molecule is Cl.Cl.Cl.NC(=O)C1CCN(c2cccc(-c3cncnc3)c2)C1. The molecule has 1 fully saturated rings. The fourth-order valence-corrected chi connectivity index (χ4v) is 2.56. The summed E-state index contributed by atoms with van der Waals surface area (Å²) < 4.78 is 0. The molecule has 1 aliphatic heterocycles. The number of nitrogens with zero attached hydrogens (tertiary/aromatic N) is 3. The van der Waals surface area contributed by atoms with E-state index in [1.807, 2.05) is 12.1 Å². The van der Waals surface area contributed by atoms with Crippen LogP contribution in [0.15, 0.2) is 43.0 Å². The summed E-state index contributed by atoms with van der Waals surface area (Å²) in [5.74, 6) is -0.251. The first-order chi connectivity index (χ1) is 9.74. The molecular weight excluding hydrogens is 359 g/mol. The topological polar surface area (TPSA) is 72.1 Å². The van der Waals surface area contributed by atoms with Crippen LogP contribution in [-0.2, 0) is 4.79 Å². The van der Waals surface area contributed by atoms with Gasteiger partial charge in [-0.15, -0.1) is 37.2 Å². The van der Waals surface area contributed by atoms with E-state index >= 15 is 0 Å². The van der Waals surface area contributed by atoms with Gasteiger partial charge in [-0.1, -0.05) is 12.1 Å². The highest BCUT2D eigenvalue weighted by Gasteiger charge is 2.26. The minimum absolute atomic E-state index is 0. The van der Waals surface area contributed by atoms with Crippen LogP contribution in [0.25, 0.3) is 11.1 Å². The number of primary amides is 1. The van der Waals surface area contributed by atoms with Gasteiger partial charge in [0.15, 0.2) is 0 Å². The second-order valence-electron chi connectivity index (χ2n) is 5.01. The van der Waals surface area contributed by atoms with Crippen LogP contribution in [0.3, 0.4) is 0 Å². The summed E-state index contributed by atoms with van der Waals surface area (Å²) in [6.45, 7) is 1.56. The molecule has 1 atom stereocenters. The van der Waals surface area contributed by atoms with E-state index in [1.54, 1.807) is 12.4 Å². The molecule has 126 valence electrons. The second kappa shape index (κ2) is 9.55. The minimum atomic E-state index is -0.208. The number of aromatic nitrogens is 2. The molecule has 3 rings (SSSR count). The van der Waals surface area contributed by atoms with Crippen LogP contribution in [0, 0.1) is 5.92 Å². The molecule has 1 aliphatic rings. The van der Waals surface area contributed by atoms with Gasteiger partial charge < -0.3 is 10.6 Å². The van der Waals surface area contributed by atoms with E-state index in [9.17, 15) is 4.79 Å². The fraction of sp³-hybridized carbons (Fsp3) is 0.267. The van der Waals surface area contributed by atoms with Crippen LogP contribution in [-0.4, -0.2) is 29.0 Å². The average Bonchev–Trinajstić information content (AvgIpc) is 2.98. The molecule has 2 heterocycles. The highest BCUT2D eigenvalue weighted by atomic mass is 35.5. The molecule has 2 aromatic rings. The van der Waals surface area contributed by atoms with Gasteiger partial charge in [-0.25, -0.2) is 9.97 Å². The minimum Gasteiger partial charge on any atom is -0.371 e. The maximum Gasteiger partial charge on any atom is 0.222 e. The van der Waals surface area contributed by atoms with Crippen molar-refractivity contribution in [2.75, 3.05) is 18.0 Å². The van der Waals surface area contributed by atoms with E-state index in [4.69, 9.17) is 5.73 Å².